The average molecular weight is 282 g/mol. The van der Waals surface area contributed by atoms with Crippen LogP contribution in [0.3, 0.4) is 0 Å². The molecular formula is C10H22N2O5S. The highest BCUT2D eigenvalue weighted by molar-refractivity contribution is 7.87. The molecule has 0 radical (unpaired) electrons. The van der Waals surface area contributed by atoms with E-state index in [9.17, 15) is 18.3 Å². The van der Waals surface area contributed by atoms with Crippen molar-refractivity contribution in [1.29, 1.82) is 0 Å². The van der Waals surface area contributed by atoms with Gasteiger partial charge in [0.25, 0.3) is 0 Å². The van der Waals surface area contributed by atoms with Crippen LogP contribution in [0.25, 0.3) is 0 Å². The molecular weight excluding hydrogens is 260 g/mol. The number of hydrogen-bond acceptors (Lipinski definition) is 5. The van der Waals surface area contributed by atoms with Crippen LogP contribution in [0.2, 0.25) is 0 Å². The van der Waals surface area contributed by atoms with E-state index in [1.54, 1.807) is 25.5 Å². The van der Waals surface area contributed by atoms with Crippen LogP contribution in [0, 0.1) is 0 Å². The summed E-state index contributed by atoms with van der Waals surface area (Å²) in [6.45, 7) is 7.82. The summed E-state index contributed by atoms with van der Waals surface area (Å²) in [4.78, 5) is 11.3. The van der Waals surface area contributed by atoms with Gasteiger partial charge < -0.3 is 9.84 Å². The number of ether oxygens (including phenoxy) is 1. The van der Waals surface area contributed by atoms with Crippen molar-refractivity contribution in [3.05, 3.63) is 0 Å². The van der Waals surface area contributed by atoms with Crippen molar-refractivity contribution in [2.45, 2.75) is 46.3 Å². The summed E-state index contributed by atoms with van der Waals surface area (Å²) in [5.41, 5.74) is -1.19. The zero-order valence-electron chi connectivity index (χ0n) is 11.4. The Bertz CT molecular complexity index is 372. The van der Waals surface area contributed by atoms with Gasteiger partial charge in [-0.1, -0.05) is 6.92 Å². The van der Waals surface area contributed by atoms with Crippen molar-refractivity contribution in [2.75, 3.05) is 13.1 Å². The standard InChI is InChI=1S/C10H22N2O5S/c1-6-12(7-10(4,5)14)18(15,16)11-9(13)17-8(2)3/h8,14H,6-7H2,1-5H3,(H,11,13). The van der Waals surface area contributed by atoms with Gasteiger partial charge >= 0.3 is 16.3 Å². The molecule has 108 valence electrons. The lowest BCUT2D eigenvalue weighted by molar-refractivity contribution is 0.0594. The molecule has 0 aromatic carbocycles. The Morgan fingerprint density at radius 3 is 2.28 bits per heavy atom. The fraction of sp³-hybridized carbons (Fsp3) is 0.900. The minimum Gasteiger partial charge on any atom is -0.446 e. The van der Waals surface area contributed by atoms with Crippen molar-refractivity contribution in [3.63, 3.8) is 0 Å². The van der Waals surface area contributed by atoms with Crippen LogP contribution < -0.4 is 4.72 Å². The lowest BCUT2D eigenvalue weighted by atomic mass is 10.1. The number of amides is 1. The molecule has 0 saturated heterocycles. The highest BCUT2D eigenvalue weighted by Gasteiger charge is 2.28. The van der Waals surface area contributed by atoms with Gasteiger partial charge in [-0.25, -0.2) is 9.52 Å². The first-order chi connectivity index (χ1) is 7.98. The fourth-order valence-corrected chi connectivity index (χ4v) is 2.42. The first-order valence-corrected chi connectivity index (χ1v) is 7.13. The third-order valence-corrected chi connectivity index (χ3v) is 3.30. The predicted molar refractivity (Wildman–Crippen MR) is 67.2 cm³/mol. The third kappa shape index (κ3) is 6.77. The number of rotatable bonds is 6. The largest absolute Gasteiger partial charge is 0.446 e. The minimum absolute atomic E-state index is 0.117. The van der Waals surface area contributed by atoms with E-state index >= 15 is 0 Å². The summed E-state index contributed by atoms with van der Waals surface area (Å²) in [6.07, 6.45) is -1.44. The average Bonchev–Trinajstić information content (AvgIpc) is 2.09. The molecule has 0 rings (SSSR count). The maximum absolute atomic E-state index is 11.8. The second-order valence-corrected chi connectivity index (χ2v) is 6.47. The minimum atomic E-state index is -4.00. The number of aliphatic hydroxyl groups is 1. The highest BCUT2D eigenvalue weighted by Crippen LogP contribution is 2.08. The number of nitrogens with zero attached hydrogens (tertiary/aromatic N) is 1. The summed E-state index contributed by atoms with van der Waals surface area (Å²) in [5.74, 6) is 0. The number of carbonyl (C=O) groups excluding carboxylic acids is 1. The first-order valence-electron chi connectivity index (χ1n) is 5.69. The molecule has 0 aliphatic heterocycles. The van der Waals surface area contributed by atoms with Crippen LogP contribution in [-0.2, 0) is 14.9 Å². The number of likely N-dealkylation sites (N-methyl/N-ethyl adjacent to an activating group) is 1. The van der Waals surface area contributed by atoms with E-state index in [4.69, 9.17) is 4.74 Å². The Morgan fingerprint density at radius 1 is 1.44 bits per heavy atom. The molecule has 7 nitrogen and oxygen atoms in total. The normalized spacial score (nSPS) is 12.9. The van der Waals surface area contributed by atoms with Gasteiger partial charge in [-0.15, -0.1) is 0 Å². The summed E-state index contributed by atoms with van der Waals surface area (Å²) < 4.78 is 31.1. The molecule has 0 fully saturated rings. The molecule has 0 bridgehead atoms. The third-order valence-electron chi connectivity index (χ3n) is 1.81. The van der Waals surface area contributed by atoms with Gasteiger partial charge in [0.15, 0.2) is 0 Å². The molecule has 0 aromatic rings. The van der Waals surface area contributed by atoms with Gasteiger partial charge in [-0.3, -0.25) is 0 Å². The Kier molecular flexibility index (Phi) is 6.05. The summed E-state index contributed by atoms with van der Waals surface area (Å²) in [7, 11) is -4.00. The van der Waals surface area contributed by atoms with Gasteiger partial charge in [0.05, 0.1) is 11.7 Å². The summed E-state index contributed by atoms with van der Waals surface area (Å²) >= 11 is 0. The van der Waals surface area contributed by atoms with E-state index < -0.39 is 28.0 Å². The predicted octanol–water partition coefficient (Wildman–Crippen LogP) is 0.459. The van der Waals surface area contributed by atoms with Crippen molar-refractivity contribution < 1.29 is 23.1 Å². The van der Waals surface area contributed by atoms with Crippen LogP contribution in [0.15, 0.2) is 0 Å². The van der Waals surface area contributed by atoms with E-state index in [-0.39, 0.29) is 13.1 Å². The molecule has 2 N–H and O–H groups in total. The Balaban J connectivity index is 4.73. The monoisotopic (exact) mass is 282 g/mol. The summed E-state index contributed by atoms with van der Waals surface area (Å²) in [6, 6.07) is 0. The van der Waals surface area contributed by atoms with Crippen molar-refractivity contribution in [2.24, 2.45) is 0 Å². The lowest BCUT2D eigenvalue weighted by Gasteiger charge is -2.27. The van der Waals surface area contributed by atoms with Crippen LogP contribution in [0.5, 0.6) is 0 Å². The maximum Gasteiger partial charge on any atom is 0.422 e. The quantitative estimate of drug-likeness (QED) is 0.737. The van der Waals surface area contributed by atoms with Crippen LogP contribution in [-0.4, -0.2) is 48.7 Å². The van der Waals surface area contributed by atoms with E-state index in [2.05, 4.69) is 0 Å². The smallest absolute Gasteiger partial charge is 0.422 e. The molecule has 0 atom stereocenters. The zero-order chi connectivity index (χ0) is 14.6. The van der Waals surface area contributed by atoms with Crippen LogP contribution >= 0.6 is 0 Å². The van der Waals surface area contributed by atoms with Crippen molar-refractivity contribution >= 4 is 16.3 Å². The molecule has 0 spiro atoms. The number of nitrogens with one attached hydrogen (secondary N) is 1. The van der Waals surface area contributed by atoms with Crippen LogP contribution in [0.4, 0.5) is 4.79 Å². The van der Waals surface area contributed by atoms with E-state index in [1.807, 2.05) is 0 Å². The second kappa shape index (κ2) is 6.35. The summed E-state index contributed by atoms with van der Waals surface area (Å²) in [5, 5.41) is 9.61. The molecule has 18 heavy (non-hydrogen) atoms. The topological polar surface area (TPSA) is 95.9 Å². The van der Waals surface area contributed by atoms with Gasteiger partial charge in [-0.2, -0.15) is 12.7 Å². The van der Waals surface area contributed by atoms with E-state index in [1.165, 1.54) is 13.8 Å². The van der Waals surface area contributed by atoms with Gasteiger partial charge in [0, 0.05) is 13.1 Å². The molecule has 0 saturated carbocycles. The fourth-order valence-electron chi connectivity index (χ4n) is 1.21. The molecule has 0 aliphatic carbocycles. The van der Waals surface area contributed by atoms with E-state index in [0.717, 1.165) is 4.31 Å². The lowest BCUT2D eigenvalue weighted by Crippen LogP contribution is -2.49. The SMILES string of the molecule is CCN(CC(C)(C)O)S(=O)(=O)NC(=O)OC(C)C. The maximum atomic E-state index is 11.8. The molecule has 0 unspecified atom stereocenters. The Hall–Kier alpha value is -0.860. The molecule has 8 heteroatoms. The number of hydrogen-bond donors (Lipinski definition) is 2. The Labute approximate surface area is 108 Å². The zero-order valence-corrected chi connectivity index (χ0v) is 12.2. The first kappa shape index (κ1) is 17.1. The molecule has 0 aromatic heterocycles. The van der Waals surface area contributed by atoms with Gasteiger partial charge in [-0.05, 0) is 27.7 Å². The van der Waals surface area contributed by atoms with Crippen LogP contribution in [0.1, 0.15) is 34.6 Å². The van der Waals surface area contributed by atoms with Crippen molar-refractivity contribution in [3.8, 4) is 0 Å². The van der Waals surface area contributed by atoms with Gasteiger partial charge in [0.2, 0.25) is 0 Å². The molecule has 0 heterocycles. The molecule has 1 amide bonds. The highest BCUT2D eigenvalue weighted by atomic mass is 32.2. The van der Waals surface area contributed by atoms with E-state index in [0.29, 0.717) is 0 Å². The van der Waals surface area contributed by atoms with Crippen molar-refractivity contribution in [1.82, 2.24) is 9.03 Å². The molecule has 0 aliphatic rings. The van der Waals surface area contributed by atoms with Gasteiger partial charge in [0.1, 0.15) is 0 Å². The number of carbonyl (C=O) groups is 1. The second-order valence-electron chi connectivity index (χ2n) is 4.80. The Morgan fingerprint density at radius 2 is 1.94 bits per heavy atom.